The third-order valence-electron chi connectivity index (χ3n) is 2.20. The number of halogens is 1. The van der Waals surface area contributed by atoms with Gasteiger partial charge in [0.05, 0.1) is 19.8 Å². The molecule has 2 heterocycles. The van der Waals surface area contributed by atoms with E-state index < -0.39 is 5.97 Å². The molecule has 0 saturated carbocycles. The lowest BCUT2D eigenvalue weighted by Gasteiger charge is -2.04. The number of rotatable bonds is 2. The van der Waals surface area contributed by atoms with Gasteiger partial charge in [-0.15, -0.1) is 0 Å². The van der Waals surface area contributed by atoms with Crippen molar-refractivity contribution in [1.82, 2.24) is 9.97 Å². The Morgan fingerprint density at radius 1 is 1.35 bits per heavy atom. The normalized spacial score (nSPS) is 10.3. The average Bonchev–Trinajstić information content (AvgIpc) is 2.36. The minimum atomic E-state index is -0.452. The molecular weight excluding hydrogens is 244 g/mol. The van der Waals surface area contributed by atoms with Gasteiger partial charge >= 0.3 is 5.97 Å². The van der Waals surface area contributed by atoms with Crippen LogP contribution in [-0.2, 0) is 4.74 Å². The fourth-order valence-electron chi connectivity index (χ4n) is 1.39. The number of nitrogens with zero attached hydrogens (tertiary/aromatic N) is 2. The van der Waals surface area contributed by atoms with E-state index in [1.807, 2.05) is 0 Å². The fraction of sp³-hybridized carbons (Fsp3) is 0.182. The number of methoxy groups -OCH3 is 2. The lowest BCUT2D eigenvalue weighted by atomic mass is 10.2. The summed E-state index contributed by atoms with van der Waals surface area (Å²) < 4.78 is 9.58. The maximum atomic E-state index is 11.3. The second kappa shape index (κ2) is 4.55. The highest BCUT2D eigenvalue weighted by molar-refractivity contribution is 6.32. The number of fused-ring (bicyclic) bond motifs is 1. The molecule has 0 aliphatic carbocycles. The van der Waals surface area contributed by atoms with E-state index in [-0.39, 0.29) is 0 Å². The molecule has 0 aliphatic heterocycles. The van der Waals surface area contributed by atoms with Gasteiger partial charge < -0.3 is 9.47 Å². The first-order chi connectivity index (χ1) is 8.15. The molecule has 0 fully saturated rings. The summed E-state index contributed by atoms with van der Waals surface area (Å²) in [4.78, 5) is 19.5. The third kappa shape index (κ3) is 2.14. The summed E-state index contributed by atoms with van der Waals surface area (Å²) in [5.41, 5.74) is 0.807. The SMILES string of the molecule is COC(=O)c1cnc2nc(OC)c(Cl)cc2c1. The molecule has 2 aromatic heterocycles. The first kappa shape index (κ1) is 11.6. The molecule has 0 aromatic carbocycles. The van der Waals surface area contributed by atoms with Crippen LogP contribution in [0.15, 0.2) is 18.3 Å². The predicted octanol–water partition coefficient (Wildman–Crippen LogP) is 2.08. The number of esters is 1. The van der Waals surface area contributed by atoms with Crippen molar-refractivity contribution >= 4 is 28.6 Å². The highest BCUT2D eigenvalue weighted by atomic mass is 35.5. The van der Waals surface area contributed by atoms with Gasteiger partial charge in [-0.2, -0.15) is 4.98 Å². The Morgan fingerprint density at radius 2 is 2.12 bits per heavy atom. The first-order valence-corrected chi connectivity index (χ1v) is 5.12. The van der Waals surface area contributed by atoms with Crippen LogP contribution >= 0.6 is 11.6 Å². The molecular formula is C11H9ClN2O3. The van der Waals surface area contributed by atoms with Crippen molar-refractivity contribution in [3.8, 4) is 5.88 Å². The second-order valence-corrected chi connectivity index (χ2v) is 3.65. The van der Waals surface area contributed by atoms with Crippen molar-refractivity contribution in [3.63, 3.8) is 0 Å². The van der Waals surface area contributed by atoms with Gasteiger partial charge in [-0.05, 0) is 12.1 Å². The topological polar surface area (TPSA) is 61.3 Å². The van der Waals surface area contributed by atoms with E-state index in [9.17, 15) is 4.79 Å². The van der Waals surface area contributed by atoms with Crippen molar-refractivity contribution in [2.24, 2.45) is 0 Å². The quantitative estimate of drug-likeness (QED) is 0.766. The molecule has 0 saturated heterocycles. The molecule has 88 valence electrons. The minimum absolute atomic E-state index is 0.303. The Hall–Kier alpha value is -1.88. The van der Waals surface area contributed by atoms with E-state index in [0.717, 1.165) is 0 Å². The molecule has 5 nitrogen and oxygen atoms in total. The van der Waals surface area contributed by atoms with Crippen molar-refractivity contribution in [2.45, 2.75) is 0 Å². The molecule has 0 spiro atoms. The second-order valence-electron chi connectivity index (χ2n) is 3.24. The van der Waals surface area contributed by atoms with Gasteiger partial charge in [-0.1, -0.05) is 11.6 Å². The Labute approximate surface area is 102 Å². The Kier molecular flexibility index (Phi) is 3.10. The molecule has 0 bridgehead atoms. The molecule has 2 rings (SSSR count). The van der Waals surface area contributed by atoms with E-state index in [4.69, 9.17) is 16.3 Å². The number of hydrogen-bond acceptors (Lipinski definition) is 5. The summed E-state index contributed by atoms with van der Waals surface area (Å²) in [5, 5.41) is 1.02. The van der Waals surface area contributed by atoms with Crippen molar-refractivity contribution < 1.29 is 14.3 Å². The van der Waals surface area contributed by atoms with Gasteiger partial charge in [0.1, 0.15) is 5.02 Å². The molecule has 0 amide bonds. The van der Waals surface area contributed by atoms with Crippen LogP contribution in [0.25, 0.3) is 11.0 Å². The number of hydrogen-bond donors (Lipinski definition) is 0. The van der Waals surface area contributed by atoms with E-state index in [1.165, 1.54) is 20.4 Å². The molecule has 0 unspecified atom stereocenters. The van der Waals surface area contributed by atoms with Crippen LogP contribution < -0.4 is 4.74 Å². The molecule has 2 aromatic rings. The monoisotopic (exact) mass is 252 g/mol. The van der Waals surface area contributed by atoms with E-state index in [2.05, 4.69) is 14.7 Å². The molecule has 0 radical (unpaired) electrons. The van der Waals surface area contributed by atoms with Gasteiger partial charge in [0.25, 0.3) is 0 Å². The van der Waals surface area contributed by atoms with Crippen LogP contribution in [0.1, 0.15) is 10.4 Å². The van der Waals surface area contributed by atoms with Crippen LogP contribution in [0.2, 0.25) is 5.02 Å². The van der Waals surface area contributed by atoms with E-state index in [0.29, 0.717) is 27.5 Å². The van der Waals surface area contributed by atoms with Crippen LogP contribution in [0, 0.1) is 0 Å². The molecule has 0 aliphatic rings. The zero-order valence-corrected chi connectivity index (χ0v) is 9.99. The number of carbonyl (C=O) groups is 1. The van der Waals surface area contributed by atoms with Crippen LogP contribution in [0.4, 0.5) is 0 Å². The predicted molar refractivity (Wildman–Crippen MR) is 62.4 cm³/mol. The summed E-state index contributed by atoms with van der Waals surface area (Å²) in [6, 6.07) is 3.26. The number of ether oxygens (including phenoxy) is 2. The highest BCUT2D eigenvalue weighted by Gasteiger charge is 2.10. The average molecular weight is 253 g/mol. The number of carbonyl (C=O) groups excluding carboxylic acids is 1. The largest absolute Gasteiger partial charge is 0.480 e. The maximum Gasteiger partial charge on any atom is 0.339 e. The molecule has 0 atom stereocenters. The van der Waals surface area contributed by atoms with Crippen LogP contribution in [0.5, 0.6) is 5.88 Å². The lowest BCUT2D eigenvalue weighted by molar-refractivity contribution is 0.0600. The summed E-state index contributed by atoms with van der Waals surface area (Å²) in [7, 11) is 2.79. The minimum Gasteiger partial charge on any atom is -0.480 e. The fourth-order valence-corrected chi connectivity index (χ4v) is 1.63. The zero-order valence-electron chi connectivity index (χ0n) is 9.23. The summed E-state index contributed by atoms with van der Waals surface area (Å²) in [5.74, 6) is -0.149. The summed E-state index contributed by atoms with van der Waals surface area (Å²) in [6.45, 7) is 0. The first-order valence-electron chi connectivity index (χ1n) is 4.74. The van der Waals surface area contributed by atoms with E-state index >= 15 is 0 Å². The highest BCUT2D eigenvalue weighted by Crippen LogP contribution is 2.25. The van der Waals surface area contributed by atoms with Gasteiger partial charge in [0.2, 0.25) is 5.88 Å². The molecule has 17 heavy (non-hydrogen) atoms. The standard InChI is InChI=1S/C11H9ClN2O3/c1-16-10-8(12)4-6-3-7(11(15)17-2)5-13-9(6)14-10/h3-5H,1-2H3. The summed E-state index contributed by atoms with van der Waals surface area (Å²) in [6.07, 6.45) is 1.40. The third-order valence-corrected chi connectivity index (χ3v) is 2.47. The van der Waals surface area contributed by atoms with Crippen LogP contribution in [-0.4, -0.2) is 30.2 Å². The number of pyridine rings is 2. The Bertz CT molecular complexity index is 586. The van der Waals surface area contributed by atoms with Crippen LogP contribution in [0.3, 0.4) is 0 Å². The Balaban J connectivity index is 2.59. The molecule has 6 heteroatoms. The number of aromatic nitrogens is 2. The van der Waals surface area contributed by atoms with Gasteiger partial charge in [0, 0.05) is 11.6 Å². The van der Waals surface area contributed by atoms with Crippen molar-refractivity contribution in [2.75, 3.05) is 14.2 Å². The van der Waals surface area contributed by atoms with Crippen molar-refractivity contribution in [1.29, 1.82) is 0 Å². The zero-order chi connectivity index (χ0) is 12.4. The smallest absolute Gasteiger partial charge is 0.339 e. The molecule has 0 N–H and O–H groups in total. The van der Waals surface area contributed by atoms with Gasteiger partial charge in [-0.25, -0.2) is 9.78 Å². The maximum absolute atomic E-state index is 11.3. The lowest BCUT2D eigenvalue weighted by Crippen LogP contribution is -2.02. The Morgan fingerprint density at radius 3 is 2.76 bits per heavy atom. The van der Waals surface area contributed by atoms with Gasteiger partial charge in [-0.3, -0.25) is 0 Å². The van der Waals surface area contributed by atoms with E-state index in [1.54, 1.807) is 12.1 Å². The van der Waals surface area contributed by atoms with Crippen molar-refractivity contribution in [3.05, 3.63) is 28.9 Å². The summed E-state index contributed by atoms with van der Waals surface area (Å²) >= 11 is 5.94. The van der Waals surface area contributed by atoms with Gasteiger partial charge in [0.15, 0.2) is 5.65 Å².